The second-order valence-corrected chi connectivity index (χ2v) is 8.33. The Labute approximate surface area is 183 Å². The number of aromatic nitrogens is 2. The number of hydrogen-bond acceptors (Lipinski definition) is 8. The van der Waals surface area contributed by atoms with E-state index in [2.05, 4.69) is 37.2 Å². The van der Waals surface area contributed by atoms with Gasteiger partial charge in [-0.05, 0) is 44.2 Å². The molecule has 168 valence electrons. The fourth-order valence-electron chi connectivity index (χ4n) is 4.09. The Balaban J connectivity index is 1.21. The number of piperidine rings is 1. The summed E-state index contributed by atoms with van der Waals surface area (Å²) in [6, 6.07) is 8.08. The lowest BCUT2D eigenvalue weighted by Gasteiger charge is -2.33. The van der Waals surface area contributed by atoms with Crippen LogP contribution in [0.25, 0.3) is 11.4 Å². The van der Waals surface area contributed by atoms with Gasteiger partial charge in [-0.15, -0.1) is 0 Å². The molecule has 0 bridgehead atoms. The van der Waals surface area contributed by atoms with Crippen LogP contribution in [0.1, 0.15) is 12.8 Å². The molecule has 0 spiro atoms. The number of carbonyl (C=O) groups excluding carboxylic acids is 1. The Morgan fingerprint density at radius 3 is 2.52 bits per heavy atom. The Hall–Kier alpha value is -2.65. The van der Waals surface area contributed by atoms with Gasteiger partial charge in [-0.1, -0.05) is 5.16 Å². The van der Waals surface area contributed by atoms with Crippen LogP contribution in [0.3, 0.4) is 0 Å². The van der Waals surface area contributed by atoms with Crippen LogP contribution in [-0.4, -0.2) is 92.4 Å². The maximum atomic E-state index is 12.6. The highest BCUT2D eigenvalue weighted by atomic mass is 16.5. The maximum Gasteiger partial charge on any atom is 0.324 e. The van der Waals surface area contributed by atoms with Crippen LogP contribution in [0.4, 0.5) is 6.01 Å². The molecule has 9 nitrogen and oxygen atoms in total. The van der Waals surface area contributed by atoms with E-state index in [0.717, 1.165) is 76.5 Å². The van der Waals surface area contributed by atoms with Crippen molar-refractivity contribution in [1.82, 2.24) is 25.3 Å². The number of nitrogens with zero attached hydrogens (tertiary/aromatic N) is 5. The van der Waals surface area contributed by atoms with Gasteiger partial charge in [-0.25, -0.2) is 0 Å². The number of anilines is 1. The molecule has 1 aromatic heterocycles. The third kappa shape index (κ3) is 5.54. The number of nitrogens with one attached hydrogen (secondary N) is 1. The fourth-order valence-corrected chi connectivity index (χ4v) is 4.09. The Bertz CT molecular complexity index is 839. The van der Waals surface area contributed by atoms with E-state index in [9.17, 15) is 4.79 Å². The van der Waals surface area contributed by atoms with Gasteiger partial charge in [0.15, 0.2) is 0 Å². The van der Waals surface area contributed by atoms with Crippen LogP contribution in [0.2, 0.25) is 0 Å². The second kappa shape index (κ2) is 10.1. The summed E-state index contributed by atoms with van der Waals surface area (Å²) in [7, 11) is 3.79. The highest BCUT2D eigenvalue weighted by Crippen LogP contribution is 2.25. The minimum absolute atomic E-state index is 0.0488. The molecule has 1 amide bonds. The van der Waals surface area contributed by atoms with Gasteiger partial charge in [0, 0.05) is 63.8 Å². The number of ether oxygens (including phenoxy) is 1. The van der Waals surface area contributed by atoms with Gasteiger partial charge in [0.05, 0.1) is 7.11 Å². The van der Waals surface area contributed by atoms with Gasteiger partial charge < -0.3 is 24.4 Å². The molecular formula is C22H32N6O3. The van der Waals surface area contributed by atoms with Crippen LogP contribution < -0.4 is 15.0 Å². The molecule has 2 saturated heterocycles. The predicted octanol–water partition coefficient (Wildman–Crippen LogP) is 1.33. The van der Waals surface area contributed by atoms with Crippen LogP contribution >= 0.6 is 0 Å². The Morgan fingerprint density at radius 2 is 1.84 bits per heavy atom. The number of rotatable bonds is 7. The van der Waals surface area contributed by atoms with E-state index >= 15 is 0 Å². The molecular weight excluding hydrogens is 396 g/mol. The summed E-state index contributed by atoms with van der Waals surface area (Å²) in [5.41, 5.74) is 0.880. The summed E-state index contributed by atoms with van der Waals surface area (Å²) in [5.74, 6) is 1.56. The summed E-state index contributed by atoms with van der Waals surface area (Å²) in [4.78, 5) is 23.9. The van der Waals surface area contributed by atoms with Gasteiger partial charge in [-0.2, -0.15) is 4.98 Å². The zero-order valence-corrected chi connectivity index (χ0v) is 18.4. The third-order valence-electron chi connectivity index (χ3n) is 6.22. The molecule has 2 aromatic rings. The zero-order chi connectivity index (χ0) is 21.6. The number of carbonyl (C=O) groups is 1. The summed E-state index contributed by atoms with van der Waals surface area (Å²) >= 11 is 0. The van der Waals surface area contributed by atoms with Gasteiger partial charge in [0.25, 0.3) is 0 Å². The smallest absolute Gasteiger partial charge is 0.324 e. The van der Waals surface area contributed by atoms with E-state index in [1.54, 1.807) is 7.11 Å². The molecule has 1 aromatic carbocycles. The largest absolute Gasteiger partial charge is 0.497 e. The van der Waals surface area contributed by atoms with Crippen molar-refractivity contribution < 1.29 is 14.1 Å². The number of methoxy groups -OCH3 is 1. The summed E-state index contributed by atoms with van der Waals surface area (Å²) in [6.45, 7) is 7.47. The minimum Gasteiger partial charge on any atom is -0.497 e. The van der Waals surface area contributed by atoms with Gasteiger partial charge >= 0.3 is 6.01 Å². The number of piperazine rings is 1. The number of likely N-dealkylation sites (N-methyl/N-ethyl adjacent to an activating group) is 1. The first-order valence-corrected chi connectivity index (χ1v) is 11.0. The molecule has 2 aliphatic heterocycles. The van der Waals surface area contributed by atoms with Crippen molar-refractivity contribution in [3.8, 4) is 17.1 Å². The first-order chi connectivity index (χ1) is 15.1. The molecule has 9 heteroatoms. The van der Waals surface area contributed by atoms with Crippen LogP contribution in [0.5, 0.6) is 5.75 Å². The van der Waals surface area contributed by atoms with Crippen molar-refractivity contribution in [3.63, 3.8) is 0 Å². The lowest BCUT2D eigenvalue weighted by molar-refractivity contribution is -0.125. The van der Waals surface area contributed by atoms with Crippen LogP contribution in [0, 0.1) is 5.92 Å². The van der Waals surface area contributed by atoms with Crippen LogP contribution in [-0.2, 0) is 4.79 Å². The molecule has 31 heavy (non-hydrogen) atoms. The molecule has 3 heterocycles. The molecule has 2 fully saturated rings. The number of hydrogen-bond donors (Lipinski definition) is 1. The normalized spacial score (nSPS) is 18.8. The summed E-state index contributed by atoms with van der Waals surface area (Å²) in [6.07, 6.45) is 1.58. The molecule has 0 radical (unpaired) electrons. The van der Waals surface area contributed by atoms with Gasteiger partial charge in [0.2, 0.25) is 11.7 Å². The van der Waals surface area contributed by atoms with Crippen molar-refractivity contribution in [1.29, 1.82) is 0 Å². The molecule has 1 N–H and O–H groups in total. The van der Waals surface area contributed by atoms with Gasteiger partial charge in [-0.3, -0.25) is 9.69 Å². The topological polar surface area (TPSA) is 87.0 Å². The van der Waals surface area contributed by atoms with E-state index in [1.165, 1.54) is 0 Å². The highest BCUT2D eigenvalue weighted by Gasteiger charge is 2.27. The monoisotopic (exact) mass is 428 g/mol. The predicted molar refractivity (Wildman–Crippen MR) is 118 cm³/mol. The molecule has 4 rings (SSSR count). The lowest BCUT2D eigenvalue weighted by atomic mass is 9.96. The average molecular weight is 429 g/mol. The van der Waals surface area contributed by atoms with Crippen molar-refractivity contribution >= 4 is 11.9 Å². The van der Waals surface area contributed by atoms with Gasteiger partial charge in [0.1, 0.15) is 5.75 Å². The average Bonchev–Trinajstić information content (AvgIpc) is 3.31. The van der Waals surface area contributed by atoms with Crippen molar-refractivity contribution in [2.75, 3.05) is 71.4 Å². The van der Waals surface area contributed by atoms with Crippen molar-refractivity contribution in [2.45, 2.75) is 12.8 Å². The first-order valence-electron chi connectivity index (χ1n) is 11.0. The minimum atomic E-state index is 0.0488. The highest BCUT2D eigenvalue weighted by molar-refractivity contribution is 5.78. The van der Waals surface area contributed by atoms with Crippen molar-refractivity contribution in [3.05, 3.63) is 24.3 Å². The summed E-state index contributed by atoms with van der Waals surface area (Å²) < 4.78 is 10.7. The zero-order valence-electron chi connectivity index (χ0n) is 18.4. The molecule has 0 atom stereocenters. The van der Waals surface area contributed by atoms with E-state index in [0.29, 0.717) is 11.8 Å². The van der Waals surface area contributed by atoms with E-state index < -0.39 is 0 Å². The fraction of sp³-hybridized carbons (Fsp3) is 0.591. The maximum absolute atomic E-state index is 12.6. The number of amides is 1. The van der Waals surface area contributed by atoms with Crippen molar-refractivity contribution in [2.24, 2.45) is 5.92 Å². The quantitative estimate of drug-likeness (QED) is 0.707. The molecule has 0 saturated carbocycles. The lowest BCUT2D eigenvalue weighted by Crippen LogP contribution is -2.47. The van der Waals surface area contributed by atoms with E-state index in [-0.39, 0.29) is 11.8 Å². The molecule has 0 aliphatic carbocycles. The Kier molecular flexibility index (Phi) is 7.03. The first kappa shape index (κ1) is 21.6. The standard InChI is InChI=1S/C22H32N6O3/c1-26-13-15-27(16-14-26)12-9-23-21(29)18-7-10-28(11-8-18)22-24-20(25-31-22)17-3-5-19(30-2)6-4-17/h3-6,18H,7-16H2,1-2H3,(H,23,29). The molecule has 2 aliphatic rings. The van der Waals surface area contributed by atoms with E-state index in [4.69, 9.17) is 9.26 Å². The Morgan fingerprint density at radius 1 is 1.13 bits per heavy atom. The number of benzene rings is 1. The second-order valence-electron chi connectivity index (χ2n) is 8.33. The third-order valence-corrected chi connectivity index (χ3v) is 6.22. The molecule has 0 unspecified atom stereocenters. The summed E-state index contributed by atoms with van der Waals surface area (Å²) in [5, 5.41) is 7.23. The van der Waals surface area contributed by atoms with E-state index in [1.807, 2.05) is 24.3 Å². The SMILES string of the molecule is COc1ccc(-c2noc(N3CCC(C(=O)NCCN4CCN(C)CC4)CC3)n2)cc1. The van der Waals surface area contributed by atoms with Crippen LogP contribution in [0.15, 0.2) is 28.8 Å².